The Labute approximate surface area is 102 Å². The van der Waals surface area contributed by atoms with Crippen LogP contribution in [-0.4, -0.2) is 24.5 Å². The van der Waals surface area contributed by atoms with Crippen molar-refractivity contribution in [3.63, 3.8) is 0 Å². The smallest absolute Gasteiger partial charge is 0.00536 e. The van der Waals surface area contributed by atoms with Crippen LogP contribution in [0, 0.1) is 5.92 Å². The highest BCUT2D eigenvalue weighted by Crippen LogP contribution is 2.42. The topological polar surface area (TPSA) is 3.24 Å². The number of rotatable bonds is 1. The van der Waals surface area contributed by atoms with Crippen LogP contribution < -0.4 is 0 Å². The molecule has 0 bridgehead atoms. The zero-order valence-electron chi connectivity index (χ0n) is 9.15. The molecular formula is C13H18BrN. The van der Waals surface area contributed by atoms with E-state index >= 15 is 0 Å². The van der Waals surface area contributed by atoms with Gasteiger partial charge in [-0.25, -0.2) is 0 Å². The van der Waals surface area contributed by atoms with Crippen molar-refractivity contribution >= 4 is 17.0 Å². The third-order valence-electron chi connectivity index (χ3n) is 3.90. The van der Waals surface area contributed by atoms with E-state index in [4.69, 9.17) is 0 Å². The summed E-state index contributed by atoms with van der Waals surface area (Å²) in [7, 11) is 0. The Hall–Kier alpha value is -0.340. The van der Waals surface area contributed by atoms with Gasteiger partial charge in [-0.05, 0) is 30.0 Å². The molecule has 2 aliphatic rings. The molecule has 1 aliphatic heterocycles. The van der Waals surface area contributed by atoms with Crippen LogP contribution in [0.2, 0.25) is 0 Å². The minimum absolute atomic E-state index is 0. The largest absolute Gasteiger partial charge is 0.303 e. The molecule has 2 heteroatoms. The average molecular weight is 268 g/mol. The molecule has 82 valence electrons. The summed E-state index contributed by atoms with van der Waals surface area (Å²) in [5.41, 5.74) is 3.24. The van der Waals surface area contributed by atoms with Crippen molar-refractivity contribution in [3.8, 4) is 0 Å². The lowest BCUT2D eigenvalue weighted by Gasteiger charge is -2.13. The molecule has 1 heterocycles. The third-order valence-corrected chi connectivity index (χ3v) is 3.90. The minimum atomic E-state index is 0. The summed E-state index contributed by atoms with van der Waals surface area (Å²) < 4.78 is 0. The maximum Gasteiger partial charge on any atom is 0.00536 e. The fourth-order valence-corrected chi connectivity index (χ4v) is 3.14. The summed E-state index contributed by atoms with van der Waals surface area (Å²) in [5, 5.41) is 0. The van der Waals surface area contributed by atoms with Gasteiger partial charge in [0.05, 0.1) is 0 Å². The third kappa shape index (κ3) is 1.74. The highest BCUT2D eigenvalue weighted by Gasteiger charge is 2.38. The number of likely N-dealkylation sites (tertiary alicyclic amines) is 1. The van der Waals surface area contributed by atoms with Crippen molar-refractivity contribution < 1.29 is 0 Å². The first-order valence-corrected chi connectivity index (χ1v) is 5.68. The zero-order chi connectivity index (χ0) is 9.54. The van der Waals surface area contributed by atoms with Gasteiger partial charge in [-0.3, -0.25) is 0 Å². The Morgan fingerprint density at radius 1 is 1.27 bits per heavy atom. The fourth-order valence-electron chi connectivity index (χ4n) is 3.14. The Kier molecular flexibility index (Phi) is 3.17. The molecule has 2 atom stereocenters. The van der Waals surface area contributed by atoms with E-state index in [9.17, 15) is 0 Å². The lowest BCUT2D eigenvalue weighted by atomic mass is 9.97. The molecule has 0 N–H and O–H groups in total. The lowest BCUT2D eigenvalue weighted by Crippen LogP contribution is -2.21. The zero-order valence-corrected chi connectivity index (χ0v) is 10.9. The van der Waals surface area contributed by atoms with Crippen LogP contribution >= 0.6 is 17.0 Å². The lowest BCUT2D eigenvalue weighted by molar-refractivity contribution is 0.339. The Bertz CT molecular complexity index is 350. The van der Waals surface area contributed by atoms with Gasteiger partial charge in [-0.1, -0.05) is 31.2 Å². The number of benzene rings is 1. The molecule has 0 radical (unpaired) electrons. The standard InChI is InChI=1S/C13H17N.BrH/c1-2-14-8-11-7-10-5-3-4-6-12(10)13(11)9-14;/h3-6,11,13H,2,7-9H2,1H3;1H. The second-order valence-electron chi connectivity index (χ2n) is 4.62. The molecule has 3 rings (SSSR count). The first-order chi connectivity index (χ1) is 6.88. The number of likely N-dealkylation sites (N-methyl/N-ethyl adjacent to an activating group) is 1. The van der Waals surface area contributed by atoms with E-state index in [0.717, 1.165) is 11.8 Å². The van der Waals surface area contributed by atoms with Crippen LogP contribution in [-0.2, 0) is 6.42 Å². The van der Waals surface area contributed by atoms with Crippen molar-refractivity contribution in [2.24, 2.45) is 5.92 Å². The molecule has 1 fully saturated rings. The number of fused-ring (bicyclic) bond motifs is 3. The second-order valence-corrected chi connectivity index (χ2v) is 4.62. The van der Waals surface area contributed by atoms with Crippen molar-refractivity contribution in [1.82, 2.24) is 4.90 Å². The molecule has 1 aromatic carbocycles. The number of hydrogen-bond acceptors (Lipinski definition) is 1. The molecule has 1 nitrogen and oxygen atoms in total. The molecular weight excluding hydrogens is 250 g/mol. The summed E-state index contributed by atoms with van der Waals surface area (Å²) in [6, 6.07) is 9.01. The van der Waals surface area contributed by atoms with E-state index in [2.05, 4.69) is 36.1 Å². The average Bonchev–Trinajstić information content (AvgIpc) is 2.73. The van der Waals surface area contributed by atoms with E-state index in [0.29, 0.717) is 0 Å². The summed E-state index contributed by atoms with van der Waals surface area (Å²) in [6.45, 7) is 6.09. The molecule has 1 aromatic rings. The Balaban J connectivity index is 0.000000853. The van der Waals surface area contributed by atoms with Crippen LogP contribution in [0.5, 0.6) is 0 Å². The van der Waals surface area contributed by atoms with Crippen molar-refractivity contribution in [3.05, 3.63) is 35.4 Å². The van der Waals surface area contributed by atoms with Crippen LogP contribution in [0.3, 0.4) is 0 Å². The Morgan fingerprint density at radius 2 is 2.07 bits per heavy atom. The van der Waals surface area contributed by atoms with Gasteiger partial charge in [0.2, 0.25) is 0 Å². The monoisotopic (exact) mass is 267 g/mol. The SMILES string of the molecule is Br.CCN1CC2Cc3ccccc3C2C1. The van der Waals surface area contributed by atoms with Crippen LogP contribution in [0.1, 0.15) is 24.0 Å². The Morgan fingerprint density at radius 3 is 2.87 bits per heavy atom. The van der Waals surface area contributed by atoms with Crippen LogP contribution in [0.25, 0.3) is 0 Å². The van der Waals surface area contributed by atoms with Crippen LogP contribution in [0.4, 0.5) is 0 Å². The predicted molar refractivity (Wildman–Crippen MR) is 68.8 cm³/mol. The first kappa shape index (κ1) is 11.2. The summed E-state index contributed by atoms with van der Waals surface area (Å²) in [4.78, 5) is 2.59. The van der Waals surface area contributed by atoms with E-state index in [1.165, 1.54) is 26.1 Å². The fraction of sp³-hybridized carbons (Fsp3) is 0.538. The molecule has 15 heavy (non-hydrogen) atoms. The van der Waals surface area contributed by atoms with E-state index in [-0.39, 0.29) is 17.0 Å². The summed E-state index contributed by atoms with van der Waals surface area (Å²) in [6.07, 6.45) is 1.32. The van der Waals surface area contributed by atoms with Crippen molar-refractivity contribution in [2.75, 3.05) is 19.6 Å². The molecule has 0 aromatic heterocycles. The molecule has 0 amide bonds. The van der Waals surface area contributed by atoms with E-state index < -0.39 is 0 Å². The highest BCUT2D eigenvalue weighted by atomic mass is 79.9. The van der Waals surface area contributed by atoms with E-state index in [1.54, 1.807) is 11.1 Å². The van der Waals surface area contributed by atoms with Gasteiger partial charge in [0.25, 0.3) is 0 Å². The summed E-state index contributed by atoms with van der Waals surface area (Å²) >= 11 is 0. The normalized spacial score (nSPS) is 28.3. The quantitative estimate of drug-likeness (QED) is 0.757. The maximum atomic E-state index is 2.59. The molecule has 1 aliphatic carbocycles. The second kappa shape index (κ2) is 4.26. The van der Waals surface area contributed by atoms with Crippen molar-refractivity contribution in [1.29, 1.82) is 0 Å². The highest BCUT2D eigenvalue weighted by molar-refractivity contribution is 8.93. The van der Waals surface area contributed by atoms with Gasteiger partial charge >= 0.3 is 0 Å². The maximum absolute atomic E-state index is 2.59. The predicted octanol–water partition coefficient (Wildman–Crippen LogP) is 2.86. The van der Waals surface area contributed by atoms with Gasteiger partial charge in [0.1, 0.15) is 0 Å². The van der Waals surface area contributed by atoms with Gasteiger partial charge in [0, 0.05) is 19.0 Å². The first-order valence-electron chi connectivity index (χ1n) is 5.68. The van der Waals surface area contributed by atoms with Gasteiger partial charge in [-0.15, -0.1) is 17.0 Å². The molecule has 0 spiro atoms. The van der Waals surface area contributed by atoms with Crippen LogP contribution in [0.15, 0.2) is 24.3 Å². The van der Waals surface area contributed by atoms with Gasteiger partial charge < -0.3 is 4.90 Å². The molecule has 1 saturated heterocycles. The van der Waals surface area contributed by atoms with Gasteiger partial charge in [0.15, 0.2) is 0 Å². The number of halogens is 1. The molecule has 0 saturated carbocycles. The molecule has 2 unspecified atom stereocenters. The minimum Gasteiger partial charge on any atom is -0.303 e. The number of nitrogens with zero attached hydrogens (tertiary/aromatic N) is 1. The summed E-state index contributed by atoms with van der Waals surface area (Å²) in [5.74, 6) is 1.75. The van der Waals surface area contributed by atoms with Gasteiger partial charge in [-0.2, -0.15) is 0 Å². The number of hydrogen-bond donors (Lipinski definition) is 0. The van der Waals surface area contributed by atoms with Crippen molar-refractivity contribution in [2.45, 2.75) is 19.3 Å². The van der Waals surface area contributed by atoms with E-state index in [1.807, 2.05) is 0 Å².